The fraction of sp³-hybridized carbons (Fsp3) is 0.227. The van der Waals surface area contributed by atoms with Crippen LogP contribution in [0.15, 0.2) is 47.4 Å². The fourth-order valence-corrected chi connectivity index (χ4v) is 3.91. The van der Waals surface area contributed by atoms with Gasteiger partial charge in [0.25, 0.3) is 23.4 Å². The monoisotopic (exact) mass is 464 g/mol. The number of hydrogen-bond acceptors (Lipinski definition) is 7. The van der Waals surface area contributed by atoms with E-state index in [1.165, 1.54) is 11.1 Å². The fourth-order valence-electron chi connectivity index (χ4n) is 3.91. The minimum absolute atomic E-state index is 0.0930. The van der Waals surface area contributed by atoms with Gasteiger partial charge in [0.1, 0.15) is 16.9 Å². The molecule has 0 spiro atoms. The Morgan fingerprint density at radius 3 is 2.47 bits per heavy atom. The van der Waals surface area contributed by atoms with Crippen LogP contribution < -0.4 is 4.85 Å². The summed E-state index contributed by atoms with van der Waals surface area (Å²) in [6.45, 7) is 2.57. The van der Waals surface area contributed by atoms with Gasteiger partial charge in [0.05, 0.1) is 15.8 Å². The number of piperazine rings is 1. The average Bonchev–Trinajstić information content (AvgIpc) is 3.51. The minimum Gasteiger partial charge on any atom is -0.355 e. The number of hydrogen-bond donors (Lipinski definition) is 1. The number of benzene rings is 1. The van der Waals surface area contributed by atoms with Crippen molar-refractivity contribution < 1.29 is 28.3 Å². The van der Waals surface area contributed by atoms with E-state index in [0.717, 1.165) is 11.1 Å². The number of H-pyrrole nitrogens is 1. The van der Waals surface area contributed by atoms with Crippen LogP contribution in [-0.2, 0) is 4.79 Å². The second-order valence-electron chi connectivity index (χ2n) is 7.75. The van der Waals surface area contributed by atoms with Crippen LogP contribution in [0, 0.1) is 12.7 Å². The zero-order valence-electron chi connectivity index (χ0n) is 18.1. The Labute approximate surface area is 191 Å². The lowest BCUT2D eigenvalue weighted by molar-refractivity contribution is -0.842. The van der Waals surface area contributed by atoms with Crippen LogP contribution >= 0.6 is 0 Å². The zero-order valence-corrected chi connectivity index (χ0v) is 18.1. The largest absolute Gasteiger partial charge is 0.355 e. The van der Waals surface area contributed by atoms with E-state index in [1.807, 2.05) is 6.07 Å². The third-order valence-corrected chi connectivity index (χ3v) is 5.62. The molecule has 1 aliphatic heterocycles. The van der Waals surface area contributed by atoms with E-state index in [9.17, 15) is 18.8 Å². The van der Waals surface area contributed by atoms with Crippen molar-refractivity contribution in [3.05, 3.63) is 65.5 Å². The number of pyridine rings is 1. The predicted molar refractivity (Wildman–Crippen MR) is 113 cm³/mol. The maximum absolute atomic E-state index is 14.7. The highest BCUT2D eigenvalue weighted by Gasteiger charge is 2.32. The first-order valence-electron chi connectivity index (χ1n) is 10.5. The van der Waals surface area contributed by atoms with Crippen molar-refractivity contribution in [2.24, 2.45) is 0 Å². The van der Waals surface area contributed by atoms with Gasteiger partial charge in [0, 0.05) is 44.9 Å². The molecular weight excluding hydrogens is 445 g/mol. The predicted octanol–water partition coefficient (Wildman–Crippen LogP) is 0.837. The number of carbonyl (C=O) groups excluding carboxylic acids is 3. The van der Waals surface area contributed by atoms with Gasteiger partial charge in [-0.2, -0.15) is 0 Å². The molecule has 12 heteroatoms. The van der Waals surface area contributed by atoms with Crippen molar-refractivity contribution in [3.63, 3.8) is 0 Å². The lowest BCUT2D eigenvalue weighted by Gasteiger charge is -2.34. The lowest BCUT2D eigenvalue weighted by Crippen LogP contribution is -2.52. The Hall–Kier alpha value is -4.48. The first kappa shape index (κ1) is 21.4. The molecule has 0 saturated carbocycles. The van der Waals surface area contributed by atoms with E-state index < -0.39 is 17.5 Å². The van der Waals surface area contributed by atoms with Crippen molar-refractivity contribution in [2.75, 3.05) is 26.2 Å². The summed E-state index contributed by atoms with van der Waals surface area (Å²) < 4.78 is 19.7. The van der Waals surface area contributed by atoms with Gasteiger partial charge in [-0.05, 0) is 17.2 Å². The maximum Gasteiger partial charge on any atom is 0.349 e. The summed E-state index contributed by atoms with van der Waals surface area (Å²) in [6, 6.07) is 8.85. The molecule has 4 heterocycles. The molecule has 1 fully saturated rings. The van der Waals surface area contributed by atoms with Crippen LogP contribution in [0.2, 0.25) is 0 Å². The van der Waals surface area contributed by atoms with E-state index in [1.54, 1.807) is 36.1 Å². The van der Waals surface area contributed by atoms with Gasteiger partial charge in [-0.3, -0.25) is 14.4 Å². The molecule has 4 aromatic rings. The Balaban J connectivity index is 1.35. The summed E-state index contributed by atoms with van der Waals surface area (Å²) in [5.41, 5.74) is 0.579. The van der Waals surface area contributed by atoms with Gasteiger partial charge in [-0.15, -0.1) is 9.61 Å². The third kappa shape index (κ3) is 3.68. The number of halogens is 1. The topological polar surface area (TPSA) is 129 Å². The summed E-state index contributed by atoms with van der Waals surface area (Å²) in [7, 11) is 0. The standard InChI is InChI=1S/C22H18FN7O4/c1-13-26-30(34-27-13)20-18-17(16(23)12-25-20)15(11-24-18)19(31)22(33)29-9-7-28(8-10-29)21(32)14-5-3-2-4-6-14/h2-6,11-12H,7-10H2,1H3/p+1. The Morgan fingerprint density at radius 1 is 1.09 bits per heavy atom. The molecule has 0 bridgehead atoms. The Morgan fingerprint density at radius 2 is 1.79 bits per heavy atom. The van der Waals surface area contributed by atoms with Crippen LogP contribution in [0.3, 0.4) is 0 Å². The van der Waals surface area contributed by atoms with Crippen LogP contribution in [0.5, 0.6) is 0 Å². The third-order valence-electron chi connectivity index (χ3n) is 5.62. The molecule has 0 atom stereocenters. The summed E-state index contributed by atoms with van der Waals surface area (Å²) >= 11 is 0. The molecule has 1 aromatic carbocycles. The number of fused-ring (bicyclic) bond motifs is 1. The second-order valence-corrected chi connectivity index (χ2v) is 7.75. The Bertz CT molecular complexity index is 1410. The highest BCUT2D eigenvalue weighted by molar-refractivity contribution is 6.45. The van der Waals surface area contributed by atoms with Crippen LogP contribution in [0.25, 0.3) is 16.7 Å². The van der Waals surface area contributed by atoms with Crippen LogP contribution in [-0.4, -0.2) is 73.8 Å². The van der Waals surface area contributed by atoms with Crippen molar-refractivity contribution in [1.82, 2.24) is 30.0 Å². The summed E-state index contributed by atoms with van der Waals surface area (Å²) in [5, 5.41) is 7.58. The summed E-state index contributed by atoms with van der Waals surface area (Å²) in [4.78, 5) is 49.3. The molecule has 1 N–H and O–H groups in total. The number of aromatic amines is 1. The number of Topliss-reactive ketones (excluding diaryl/α,β-unsaturated/α-hetero) is 1. The molecule has 172 valence electrons. The van der Waals surface area contributed by atoms with Gasteiger partial charge >= 0.3 is 5.82 Å². The van der Waals surface area contributed by atoms with Gasteiger partial charge in [0.15, 0.2) is 5.82 Å². The SMILES string of the molecule is Cc1no[n+](-c2ncc(F)c3c(C(=O)C(=O)N4CCN(C(=O)c5ccccc5)CC4)c[nH]c23)n1. The molecule has 0 aliphatic carbocycles. The average molecular weight is 464 g/mol. The first-order valence-corrected chi connectivity index (χ1v) is 10.5. The number of nitrogens with one attached hydrogen (secondary N) is 1. The van der Waals surface area contributed by atoms with Crippen molar-refractivity contribution in [3.8, 4) is 5.82 Å². The number of carbonyl (C=O) groups is 3. The van der Waals surface area contributed by atoms with E-state index in [2.05, 4.69) is 20.2 Å². The molecule has 1 saturated heterocycles. The number of aromatic nitrogens is 5. The Kier molecular flexibility index (Phi) is 5.32. The molecule has 0 unspecified atom stereocenters. The van der Waals surface area contributed by atoms with Gasteiger partial charge < -0.3 is 14.8 Å². The van der Waals surface area contributed by atoms with Gasteiger partial charge in [-0.1, -0.05) is 18.2 Å². The molecule has 1 aliphatic rings. The number of rotatable bonds is 4. The molecule has 3 aromatic heterocycles. The van der Waals surface area contributed by atoms with Crippen LogP contribution in [0.4, 0.5) is 4.39 Å². The van der Waals surface area contributed by atoms with Crippen LogP contribution in [0.1, 0.15) is 26.5 Å². The maximum atomic E-state index is 14.7. The smallest absolute Gasteiger partial charge is 0.349 e. The number of aryl methyl sites for hydroxylation is 1. The van der Waals surface area contributed by atoms with Crippen molar-refractivity contribution >= 4 is 28.5 Å². The lowest BCUT2D eigenvalue weighted by atomic mass is 10.1. The highest BCUT2D eigenvalue weighted by atomic mass is 19.1. The first-order chi connectivity index (χ1) is 16.4. The number of amides is 2. The van der Waals surface area contributed by atoms with E-state index in [4.69, 9.17) is 4.63 Å². The molecule has 34 heavy (non-hydrogen) atoms. The quantitative estimate of drug-likeness (QED) is 0.269. The van der Waals surface area contributed by atoms with E-state index in [0.29, 0.717) is 11.4 Å². The van der Waals surface area contributed by atoms with Crippen molar-refractivity contribution in [2.45, 2.75) is 6.92 Å². The van der Waals surface area contributed by atoms with Crippen molar-refractivity contribution in [1.29, 1.82) is 0 Å². The molecule has 2 amide bonds. The second kappa shape index (κ2) is 8.46. The van der Waals surface area contributed by atoms with Gasteiger partial charge in [-0.25, -0.2) is 4.39 Å². The van der Waals surface area contributed by atoms with E-state index in [-0.39, 0.29) is 54.4 Å². The van der Waals surface area contributed by atoms with E-state index >= 15 is 0 Å². The minimum atomic E-state index is -0.864. The highest BCUT2D eigenvalue weighted by Crippen LogP contribution is 2.24. The molecule has 0 radical (unpaired) electrons. The normalized spacial score (nSPS) is 13.9. The molecule has 5 rings (SSSR count). The number of ketones is 1. The molecule has 11 nitrogen and oxygen atoms in total. The zero-order chi connectivity index (χ0) is 23.8. The summed E-state index contributed by atoms with van der Waals surface area (Å²) in [6.07, 6.45) is 2.19. The summed E-state index contributed by atoms with van der Waals surface area (Å²) in [5.74, 6) is -2.11. The van der Waals surface area contributed by atoms with Gasteiger partial charge in [0.2, 0.25) is 0 Å². The number of nitrogens with zero attached hydrogens (tertiary/aromatic N) is 6. The molecular formula is C22H19FN7O4+.